The minimum atomic E-state index is -0.316. The molecule has 0 saturated carbocycles. The number of benzene rings is 1. The average Bonchev–Trinajstić information content (AvgIpc) is 2.12. The molecule has 12 heavy (non-hydrogen) atoms. The van der Waals surface area contributed by atoms with Crippen LogP contribution in [0.5, 0.6) is 0 Å². The summed E-state index contributed by atoms with van der Waals surface area (Å²) in [5, 5.41) is 0. The number of aromatic nitrogens is 2. The summed E-state index contributed by atoms with van der Waals surface area (Å²) in [6, 6.07) is 3.11. The summed E-state index contributed by atoms with van der Waals surface area (Å²) in [5.74, 6) is -0.316. The lowest BCUT2D eigenvalue weighted by Gasteiger charge is -1.99. The number of hydrogen-bond donors (Lipinski definition) is 0. The van der Waals surface area contributed by atoms with Crippen molar-refractivity contribution in [3.63, 3.8) is 0 Å². The summed E-state index contributed by atoms with van der Waals surface area (Å²) in [7, 11) is 0. The van der Waals surface area contributed by atoms with Gasteiger partial charge in [-0.05, 0) is 18.6 Å². The van der Waals surface area contributed by atoms with Gasteiger partial charge in [0.15, 0.2) is 5.82 Å². The van der Waals surface area contributed by atoms with Crippen LogP contribution in [-0.4, -0.2) is 9.97 Å². The molecule has 0 unspecified atom stereocenters. The fourth-order valence-electron chi connectivity index (χ4n) is 1.16. The lowest BCUT2D eigenvalue weighted by Crippen LogP contribution is -1.88. The van der Waals surface area contributed by atoms with Crippen LogP contribution in [0.2, 0.25) is 0 Å². The molecule has 0 atom stereocenters. The second-order valence-electron chi connectivity index (χ2n) is 2.62. The van der Waals surface area contributed by atoms with Gasteiger partial charge >= 0.3 is 0 Å². The summed E-state index contributed by atoms with van der Waals surface area (Å²) in [6.07, 6.45) is 3.06. The Hall–Kier alpha value is -1.51. The second-order valence-corrected chi connectivity index (χ2v) is 2.62. The molecule has 0 fully saturated rings. The summed E-state index contributed by atoms with van der Waals surface area (Å²) in [6.45, 7) is 1.89. The third-order valence-electron chi connectivity index (χ3n) is 1.78. The maximum Gasteiger partial charge on any atom is 0.151 e. The SMILES string of the molecule is Cc1ccc(F)c2nccnc12. The van der Waals surface area contributed by atoms with E-state index in [0.29, 0.717) is 11.0 Å². The van der Waals surface area contributed by atoms with E-state index < -0.39 is 0 Å². The highest BCUT2D eigenvalue weighted by atomic mass is 19.1. The normalized spacial score (nSPS) is 10.5. The van der Waals surface area contributed by atoms with Crippen LogP contribution in [0.25, 0.3) is 11.0 Å². The first-order valence-electron chi connectivity index (χ1n) is 3.65. The first kappa shape index (κ1) is 7.16. The van der Waals surface area contributed by atoms with E-state index in [1.54, 1.807) is 12.3 Å². The van der Waals surface area contributed by atoms with Gasteiger partial charge in [0.25, 0.3) is 0 Å². The molecule has 3 heteroatoms. The van der Waals surface area contributed by atoms with E-state index in [2.05, 4.69) is 9.97 Å². The molecule has 0 bridgehead atoms. The van der Waals surface area contributed by atoms with Crippen LogP contribution in [0.1, 0.15) is 5.56 Å². The van der Waals surface area contributed by atoms with E-state index in [4.69, 9.17) is 0 Å². The van der Waals surface area contributed by atoms with E-state index in [1.807, 2.05) is 6.92 Å². The van der Waals surface area contributed by atoms with Gasteiger partial charge in [-0.2, -0.15) is 0 Å². The molecule has 0 aliphatic carbocycles. The van der Waals surface area contributed by atoms with Crippen LogP contribution < -0.4 is 0 Å². The van der Waals surface area contributed by atoms with Crippen molar-refractivity contribution in [1.82, 2.24) is 9.97 Å². The van der Waals surface area contributed by atoms with E-state index in [-0.39, 0.29) is 5.82 Å². The lowest BCUT2D eigenvalue weighted by molar-refractivity contribution is 0.636. The largest absolute Gasteiger partial charge is 0.253 e. The summed E-state index contributed by atoms with van der Waals surface area (Å²) in [4.78, 5) is 7.94. The van der Waals surface area contributed by atoms with Gasteiger partial charge in [-0.3, -0.25) is 4.98 Å². The summed E-state index contributed by atoms with van der Waals surface area (Å²) < 4.78 is 13.1. The minimum Gasteiger partial charge on any atom is -0.253 e. The number of halogens is 1. The van der Waals surface area contributed by atoms with E-state index >= 15 is 0 Å². The third kappa shape index (κ3) is 0.942. The van der Waals surface area contributed by atoms with Gasteiger partial charge in [-0.1, -0.05) is 6.07 Å². The molecule has 60 valence electrons. The second kappa shape index (κ2) is 2.52. The van der Waals surface area contributed by atoms with Crippen LogP contribution in [-0.2, 0) is 0 Å². The van der Waals surface area contributed by atoms with Crippen molar-refractivity contribution in [3.05, 3.63) is 35.9 Å². The average molecular weight is 162 g/mol. The van der Waals surface area contributed by atoms with Crippen molar-refractivity contribution in [3.8, 4) is 0 Å². The Morgan fingerprint density at radius 3 is 2.42 bits per heavy atom. The summed E-state index contributed by atoms with van der Waals surface area (Å²) in [5.41, 5.74) is 1.93. The summed E-state index contributed by atoms with van der Waals surface area (Å²) >= 11 is 0. The molecule has 2 aromatic rings. The monoisotopic (exact) mass is 162 g/mol. The van der Waals surface area contributed by atoms with Crippen LogP contribution in [0.4, 0.5) is 4.39 Å². The number of rotatable bonds is 0. The first-order chi connectivity index (χ1) is 5.79. The molecule has 0 spiro atoms. The van der Waals surface area contributed by atoms with Crippen molar-refractivity contribution < 1.29 is 4.39 Å². The van der Waals surface area contributed by atoms with Gasteiger partial charge < -0.3 is 0 Å². The smallest absolute Gasteiger partial charge is 0.151 e. The van der Waals surface area contributed by atoms with Gasteiger partial charge in [0.2, 0.25) is 0 Å². The highest BCUT2D eigenvalue weighted by Crippen LogP contribution is 2.15. The standard InChI is InChI=1S/C9H7FN2/c1-6-2-3-7(10)9-8(6)11-4-5-12-9/h2-5H,1H3. The molecule has 0 saturated heterocycles. The highest BCUT2D eigenvalue weighted by Gasteiger charge is 2.03. The molecule has 1 aromatic carbocycles. The number of fused-ring (bicyclic) bond motifs is 1. The van der Waals surface area contributed by atoms with Crippen molar-refractivity contribution in [2.24, 2.45) is 0 Å². The number of nitrogens with zero attached hydrogens (tertiary/aromatic N) is 2. The molecule has 2 nitrogen and oxygen atoms in total. The van der Waals surface area contributed by atoms with Gasteiger partial charge in [0.1, 0.15) is 5.52 Å². The molecule has 0 amide bonds. The molecule has 0 radical (unpaired) electrons. The Kier molecular flexibility index (Phi) is 1.50. The van der Waals surface area contributed by atoms with E-state index in [9.17, 15) is 4.39 Å². The van der Waals surface area contributed by atoms with Crippen molar-refractivity contribution in [2.45, 2.75) is 6.92 Å². The highest BCUT2D eigenvalue weighted by molar-refractivity contribution is 5.77. The Balaban J connectivity index is 2.95. The Morgan fingerprint density at radius 1 is 1.08 bits per heavy atom. The Morgan fingerprint density at radius 2 is 1.75 bits per heavy atom. The van der Waals surface area contributed by atoms with Crippen LogP contribution >= 0.6 is 0 Å². The van der Waals surface area contributed by atoms with E-state index in [0.717, 1.165) is 5.56 Å². The Bertz CT molecular complexity index is 385. The molecular formula is C9H7FN2. The zero-order valence-corrected chi connectivity index (χ0v) is 6.58. The van der Waals surface area contributed by atoms with Crippen molar-refractivity contribution in [1.29, 1.82) is 0 Å². The number of hydrogen-bond acceptors (Lipinski definition) is 2. The zero-order valence-electron chi connectivity index (χ0n) is 6.58. The van der Waals surface area contributed by atoms with E-state index in [1.165, 1.54) is 12.3 Å². The Labute approximate surface area is 69.1 Å². The first-order valence-corrected chi connectivity index (χ1v) is 3.65. The number of aryl methyl sites for hydroxylation is 1. The molecule has 2 rings (SSSR count). The molecule has 0 aliphatic rings. The quantitative estimate of drug-likeness (QED) is 0.592. The molecular weight excluding hydrogens is 155 g/mol. The van der Waals surface area contributed by atoms with Crippen LogP contribution in [0.15, 0.2) is 24.5 Å². The molecule has 1 aromatic heterocycles. The van der Waals surface area contributed by atoms with Crippen molar-refractivity contribution >= 4 is 11.0 Å². The third-order valence-corrected chi connectivity index (χ3v) is 1.78. The van der Waals surface area contributed by atoms with Crippen LogP contribution in [0.3, 0.4) is 0 Å². The maximum atomic E-state index is 13.1. The fraction of sp³-hybridized carbons (Fsp3) is 0.111. The van der Waals surface area contributed by atoms with Gasteiger partial charge in [-0.15, -0.1) is 0 Å². The lowest BCUT2D eigenvalue weighted by atomic mass is 10.2. The topological polar surface area (TPSA) is 25.8 Å². The molecule has 0 N–H and O–H groups in total. The zero-order chi connectivity index (χ0) is 8.55. The van der Waals surface area contributed by atoms with Gasteiger partial charge in [0.05, 0.1) is 5.52 Å². The fourth-order valence-corrected chi connectivity index (χ4v) is 1.16. The van der Waals surface area contributed by atoms with Gasteiger partial charge in [-0.25, -0.2) is 9.37 Å². The van der Waals surface area contributed by atoms with Gasteiger partial charge in [0, 0.05) is 12.4 Å². The minimum absolute atomic E-state index is 0.316. The van der Waals surface area contributed by atoms with Crippen LogP contribution in [0, 0.1) is 12.7 Å². The maximum absolute atomic E-state index is 13.1. The molecule has 1 heterocycles. The molecule has 0 aliphatic heterocycles. The van der Waals surface area contributed by atoms with Crippen molar-refractivity contribution in [2.75, 3.05) is 0 Å². The predicted octanol–water partition coefficient (Wildman–Crippen LogP) is 2.08. The predicted molar refractivity (Wildman–Crippen MR) is 44.2 cm³/mol.